The molecule has 4 rings (SSSR count). The van der Waals surface area contributed by atoms with E-state index in [1.807, 2.05) is 43.3 Å². The lowest BCUT2D eigenvalue weighted by Crippen LogP contribution is -2.26. The van der Waals surface area contributed by atoms with Crippen molar-refractivity contribution >= 4 is 26.8 Å². The Balaban J connectivity index is 1.28. The van der Waals surface area contributed by atoms with Crippen LogP contribution in [-0.4, -0.2) is 37.7 Å². The van der Waals surface area contributed by atoms with E-state index in [0.717, 1.165) is 10.8 Å². The Labute approximate surface area is 196 Å². The van der Waals surface area contributed by atoms with E-state index < -0.39 is 16.0 Å². The summed E-state index contributed by atoms with van der Waals surface area (Å²) in [7, 11) is -3.76. The Hall–Kier alpha value is -3.76. The zero-order chi connectivity index (χ0) is 24.0. The maximum absolute atomic E-state index is 12.5. The second-order valence-electron chi connectivity index (χ2n) is 7.26. The number of nitrogens with zero attached hydrogens (tertiary/aromatic N) is 2. The number of fused-ring (bicyclic) bond motifs is 1. The summed E-state index contributed by atoms with van der Waals surface area (Å²) in [6.07, 6.45) is -0.152. The van der Waals surface area contributed by atoms with Crippen molar-refractivity contribution in [3.63, 3.8) is 0 Å². The molecule has 1 aromatic heterocycles. The van der Waals surface area contributed by atoms with Crippen LogP contribution in [-0.2, 0) is 26.2 Å². The molecule has 1 N–H and O–H groups in total. The number of nitrogens with one attached hydrogen (secondary N) is 1. The molecule has 0 aliphatic heterocycles. The number of hydrogen-bond donors (Lipinski definition) is 1. The van der Waals surface area contributed by atoms with E-state index in [9.17, 15) is 13.2 Å². The molecule has 9 nitrogen and oxygen atoms in total. The van der Waals surface area contributed by atoms with Crippen molar-refractivity contribution in [3.8, 4) is 17.1 Å². The predicted molar refractivity (Wildman–Crippen MR) is 124 cm³/mol. The molecule has 0 saturated carbocycles. The number of para-hydroxylation sites is 1. The quantitative estimate of drug-likeness (QED) is 0.341. The first kappa shape index (κ1) is 23.4. The van der Waals surface area contributed by atoms with Gasteiger partial charge in [-0.1, -0.05) is 47.6 Å². The van der Waals surface area contributed by atoms with Crippen LogP contribution in [0.4, 0.5) is 0 Å². The van der Waals surface area contributed by atoms with Crippen molar-refractivity contribution in [2.75, 3.05) is 13.2 Å². The number of benzene rings is 3. The largest absolute Gasteiger partial charge is 0.493 e. The van der Waals surface area contributed by atoms with Gasteiger partial charge in [0.05, 0.1) is 23.5 Å². The van der Waals surface area contributed by atoms with Gasteiger partial charge in [-0.3, -0.25) is 4.79 Å². The van der Waals surface area contributed by atoms with Crippen molar-refractivity contribution in [2.45, 2.75) is 24.8 Å². The maximum Gasteiger partial charge on any atom is 0.307 e. The number of ether oxygens (including phenoxy) is 2. The van der Waals surface area contributed by atoms with Crippen LogP contribution in [0, 0.1) is 0 Å². The topological polar surface area (TPSA) is 121 Å². The van der Waals surface area contributed by atoms with Crippen LogP contribution in [0.1, 0.15) is 19.2 Å². The van der Waals surface area contributed by atoms with Crippen LogP contribution < -0.4 is 9.46 Å². The van der Waals surface area contributed by atoms with Crippen LogP contribution in [0.2, 0.25) is 0 Å². The zero-order valence-electron chi connectivity index (χ0n) is 18.4. The van der Waals surface area contributed by atoms with Gasteiger partial charge in [-0.25, -0.2) is 13.1 Å². The normalized spacial score (nSPS) is 11.4. The maximum atomic E-state index is 12.5. The Morgan fingerprint density at radius 3 is 2.62 bits per heavy atom. The third-order valence-corrected chi connectivity index (χ3v) is 6.36. The van der Waals surface area contributed by atoms with Crippen molar-refractivity contribution in [3.05, 3.63) is 72.6 Å². The molecule has 10 heteroatoms. The Kier molecular flexibility index (Phi) is 7.19. The standard InChI is InChI=1S/C24H23N3O6S/c1-2-31-21-10-6-5-9-20(21)24-26-22(33-27-24)16-32-23(28)13-14-25-34(29,30)19-12-11-17-7-3-4-8-18(17)15-19/h3-12,15,25H,2,13-14,16H2,1H3. The van der Waals surface area contributed by atoms with Gasteiger partial charge >= 0.3 is 5.97 Å². The van der Waals surface area contributed by atoms with E-state index in [-0.39, 0.29) is 30.4 Å². The summed E-state index contributed by atoms with van der Waals surface area (Å²) in [5, 5.41) is 5.66. The Morgan fingerprint density at radius 1 is 1.03 bits per heavy atom. The summed E-state index contributed by atoms with van der Waals surface area (Å²) in [6.45, 7) is 2.04. The van der Waals surface area contributed by atoms with E-state index in [1.54, 1.807) is 24.3 Å². The predicted octanol–water partition coefficient (Wildman–Crippen LogP) is 3.70. The highest BCUT2D eigenvalue weighted by atomic mass is 32.2. The highest BCUT2D eigenvalue weighted by molar-refractivity contribution is 7.89. The van der Waals surface area contributed by atoms with Crippen LogP contribution in [0.5, 0.6) is 5.75 Å². The molecule has 0 saturated heterocycles. The van der Waals surface area contributed by atoms with E-state index in [1.165, 1.54) is 6.07 Å². The van der Waals surface area contributed by atoms with Crippen molar-refractivity contribution in [1.82, 2.24) is 14.9 Å². The molecule has 0 unspecified atom stereocenters. The van der Waals surface area contributed by atoms with Crippen LogP contribution in [0.25, 0.3) is 22.2 Å². The van der Waals surface area contributed by atoms with Crippen molar-refractivity contribution in [2.24, 2.45) is 0 Å². The molecule has 34 heavy (non-hydrogen) atoms. The van der Waals surface area contributed by atoms with Crippen LogP contribution in [0.15, 0.2) is 76.1 Å². The lowest BCUT2D eigenvalue weighted by molar-refractivity contribution is -0.145. The summed E-state index contributed by atoms with van der Waals surface area (Å²) in [5.74, 6) is 0.452. The first-order valence-corrected chi connectivity index (χ1v) is 12.1. The second-order valence-corrected chi connectivity index (χ2v) is 9.03. The minimum absolute atomic E-state index is 0.106. The number of rotatable bonds is 10. The molecular weight excluding hydrogens is 458 g/mol. The molecule has 0 aliphatic rings. The molecule has 0 amide bonds. The first-order valence-electron chi connectivity index (χ1n) is 10.6. The summed E-state index contributed by atoms with van der Waals surface area (Å²) in [6, 6.07) is 19.6. The SMILES string of the molecule is CCOc1ccccc1-c1noc(COC(=O)CCNS(=O)(=O)c2ccc3ccccc3c2)n1. The molecule has 4 aromatic rings. The van der Waals surface area contributed by atoms with Gasteiger partial charge in [0.2, 0.25) is 15.8 Å². The highest BCUT2D eigenvalue weighted by Gasteiger charge is 2.17. The first-order chi connectivity index (χ1) is 16.5. The van der Waals surface area contributed by atoms with Gasteiger partial charge < -0.3 is 14.0 Å². The molecule has 0 spiro atoms. The number of hydrogen-bond acceptors (Lipinski definition) is 8. The lowest BCUT2D eigenvalue weighted by Gasteiger charge is -2.08. The van der Waals surface area contributed by atoms with Gasteiger partial charge in [0.1, 0.15) is 5.75 Å². The fourth-order valence-electron chi connectivity index (χ4n) is 3.28. The third kappa shape index (κ3) is 5.59. The third-order valence-electron chi connectivity index (χ3n) is 4.90. The van der Waals surface area contributed by atoms with E-state index >= 15 is 0 Å². The molecule has 0 aliphatic carbocycles. The second kappa shape index (κ2) is 10.4. The van der Waals surface area contributed by atoms with Gasteiger partial charge in [0.15, 0.2) is 6.61 Å². The lowest BCUT2D eigenvalue weighted by atomic mass is 10.1. The fraction of sp³-hybridized carbons (Fsp3) is 0.208. The molecular formula is C24H23N3O6S. The molecule has 176 valence electrons. The van der Waals surface area contributed by atoms with Gasteiger partial charge in [-0.2, -0.15) is 4.98 Å². The average Bonchev–Trinajstić information content (AvgIpc) is 3.32. The van der Waals surface area contributed by atoms with Crippen LogP contribution in [0.3, 0.4) is 0 Å². The van der Waals surface area contributed by atoms with Gasteiger partial charge in [0, 0.05) is 6.54 Å². The van der Waals surface area contributed by atoms with Gasteiger partial charge in [-0.05, 0) is 42.0 Å². The Bertz CT molecular complexity index is 1400. The highest BCUT2D eigenvalue weighted by Crippen LogP contribution is 2.27. The van der Waals surface area contributed by atoms with Crippen molar-refractivity contribution < 1.29 is 27.2 Å². The van der Waals surface area contributed by atoms with Gasteiger partial charge in [-0.15, -0.1) is 0 Å². The number of sulfonamides is 1. The zero-order valence-corrected chi connectivity index (χ0v) is 19.2. The molecule has 0 fully saturated rings. The molecule has 1 heterocycles. The minimum atomic E-state index is -3.76. The summed E-state index contributed by atoms with van der Waals surface area (Å²) < 4.78 is 43.3. The summed E-state index contributed by atoms with van der Waals surface area (Å²) in [4.78, 5) is 16.4. The van der Waals surface area contributed by atoms with Crippen LogP contribution >= 0.6 is 0 Å². The molecule has 0 bridgehead atoms. The summed E-state index contributed by atoms with van der Waals surface area (Å²) >= 11 is 0. The average molecular weight is 482 g/mol. The fourth-order valence-corrected chi connectivity index (χ4v) is 4.34. The molecule has 0 atom stereocenters. The van der Waals surface area contributed by atoms with E-state index in [2.05, 4.69) is 14.9 Å². The number of carbonyl (C=O) groups is 1. The van der Waals surface area contributed by atoms with E-state index in [0.29, 0.717) is 23.7 Å². The number of esters is 1. The Morgan fingerprint density at radius 2 is 1.79 bits per heavy atom. The summed E-state index contributed by atoms with van der Waals surface area (Å²) in [5.41, 5.74) is 0.661. The molecule has 0 radical (unpaired) electrons. The van der Waals surface area contributed by atoms with Crippen molar-refractivity contribution in [1.29, 1.82) is 0 Å². The van der Waals surface area contributed by atoms with Gasteiger partial charge in [0.25, 0.3) is 5.89 Å². The molecule has 3 aromatic carbocycles. The smallest absolute Gasteiger partial charge is 0.307 e. The monoisotopic (exact) mass is 481 g/mol. The van der Waals surface area contributed by atoms with E-state index in [4.69, 9.17) is 14.0 Å². The minimum Gasteiger partial charge on any atom is -0.493 e. The number of aromatic nitrogens is 2. The number of carbonyl (C=O) groups excluding carboxylic acids is 1.